The maximum absolute atomic E-state index is 13.2. The maximum Gasteiger partial charge on any atom is 0.291 e. The Morgan fingerprint density at radius 3 is 2.61 bits per heavy atom. The molecule has 0 atom stereocenters. The number of carbonyl (C=O) groups is 1. The smallest absolute Gasteiger partial charge is 0.291 e. The topological polar surface area (TPSA) is 67.6 Å². The Balaban J connectivity index is 1.60. The molecule has 5 aromatic rings. The number of aromatic nitrogens is 3. The minimum absolute atomic E-state index is 0.205. The standard InChI is InChI=1S/C23H13BrN4O2S/c1-27-17-10-9-13(24)11-16(17)18(21(27)29)19-22(30)28-23(31-19)25-20(26-28)15-8-4-6-12-5-2-3-7-14(12)15/h2-11H,1H3. The molecule has 0 saturated heterocycles. The first-order valence-corrected chi connectivity index (χ1v) is 11.1. The summed E-state index contributed by atoms with van der Waals surface area (Å²) in [5.41, 5.74) is 2.45. The van der Waals surface area contributed by atoms with Crippen LogP contribution in [0.3, 0.4) is 0 Å². The SMILES string of the molecule is CN1C(=O)C(=c2sc3nc(-c4cccc5ccccc45)nn3c2=O)c2cc(Br)ccc21. The Morgan fingerprint density at radius 2 is 1.77 bits per heavy atom. The number of benzene rings is 3. The van der Waals surface area contributed by atoms with Gasteiger partial charge in [0.25, 0.3) is 11.5 Å². The van der Waals surface area contributed by atoms with Gasteiger partial charge in [0.1, 0.15) is 4.53 Å². The third-order valence-electron chi connectivity index (χ3n) is 5.52. The summed E-state index contributed by atoms with van der Waals surface area (Å²) in [6.45, 7) is 0. The molecule has 0 radical (unpaired) electrons. The van der Waals surface area contributed by atoms with E-state index in [1.165, 1.54) is 15.9 Å². The lowest BCUT2D eigenvalue weighted by atomic mass is 10.0. The Kier molecular flexibility index (Phi) is 3.90. The van der Waals surface area contributed by atoms with Crippen LogP contribution in [0.2, 0.25) is 0 Å². The quantitative estimate of drug-likeness (QED) is 0.361. The van der Waals surface area contributed by atoms with E-state index in [1.54, 1.807) is 11.9 Å². The highest BCUT2D eigenvalue weighted by Crippen LogP contribution is 2.36. The van der Waals surface area contributed by atoms with Crippen molar-refractivity contribution in [2.24, 2.45) is 0 Å². The van der Waals surface area contributed by atoms with Gasteiger partial charge in [-0.3, -0.25) is 9.59 Å². The van der Waals surface area contributed by atoms with E-state index in [0.29, 0.717) is 20.9 Å². The van der Waals surface area contributed by atoms with Crippen LogP contribution >= 0.6 is 27.3 Å². The van der Waals surface area contributed by atoms with Crippen LogP contribution in [0.15, 0.2) is 69.9 Å². The monoisotopic (exact) mass is 488 g/mol. The molecule has 3 heterocycles. The number of rotatable bonds is 1. The predicted octanol–water partition coefficient (Wildman–Crippen LogP) is 3.63. The van der Waals surface area contributed by atoms with Crippen LogP contribution in [0.4, 0.5) is 5.69 Å². The van der Waals surface area contributed by atoms with Gasteiger partial charge in [-0.05, 0) is 29.0 Å². The molecule has 6 rings (SSSR count). The molecule has 31 heavy (non-hydrogen) atoms. The molecule has 2 aromatic heterocycles. The number of anilines is 1. The molecule has 0 N–H and O–H groups in total. The van der Waals surface area contributed by atoms with Gasteiger partial charge in [0.15, 0.2) is 5.82 Å². The van der Waals surface area contributed by atoms with Crippen LogP contribution < -0.4 is 15.0 Å². The summed E-state index contributed by atoms with van der Waals surface area (Å²) in [7, 11) is 1.71. The van der Waals surface area contributed by atoms with E-state index in [2.05, 4.69) is 26.0 Å². The summed E-state index contributed by atoms with van der Waals surface area (Å²) < 4.78 is 2.50. The number of carbonyl (C=O) groups excluding carboxylic acids is 1. The summed E-state index contributed by atoms with van der Waals surface area (Å²) in [5, 5.41) is 6.60. The second-order valence-corrected chi connectivity index (χ2v) is 9.19. The van der Waals surface area contributed by atoms with E-state index < -0.39 is 0 Å². The molecule has 6 nitrogen and oxygen atoms in total. The van der Waals surface area contributed by atoms with Crippen LogP contribution in [-0.2, 0) is 4.79 Å². The normalized spacial score (nSPS) is 15.3. The molecule has 0 spiro atoms. The molecule has 1 amide bonds. The van der Waals surface area contributed by atoms with Crippen molar-refractivity contribution >= 4 is 60.2 Å². The second-order valence-electron chi connectivity index (χ2n) is 7.29. The van der Waals surface area contributed by atoms with E-state index in [-0.39, 0.29) is 11.5 Å². The zero-order valence-electron chi connectivity index (χ0n) is 16.2. The lowest BCUT2D eigenvalue weighted by Gasteiger charge is -2.08. The average Bonchev–Trinajstić information content (AvgIpc) is 3.39. The molecule has 0 fully saturated rings. The second kappa shape index (κ2) is 6.57. The van der Waals surface area contributed by atoms with Gasteiger partial charge in [0.05, 0.1) is 11.3 Å². The van der Waals surface area contributed by atoms with E-state index in [0.717, 1.165) is 32.1 Å². The van der Waals surface area contributed by atoms with Gasteiger partial charge < -0.3 is 4.90 Å². The van der Waals surface area contributed by atoms with Gasteiger partial charge in [-0.15, -0.1) is 5.10 Å². The molecule has 1 aliphatic heterocycles. The van der Waals surface area contributed by atoms with Gasteiger partial charge in [0, 0.05) is 22.6 Å². The Morgan fingerprint density at radius 1 is 0.968 bits per heavy atom. The van der Waals surface area contributed by atoms with Crippen LogP contribution in [0, 0.1) is 0 Å². The van der Waals surface area contributed by atoms with E-state index in [9.17, 15) is 9.59 Å². The highest BCUT2D eigenvalue weighted by molar-refractivity contribution is 9.10. The zero-order chi connectivity index (χ0) is 21.3. The number of halogens is 1. The Labute approximate surface area is 188 Å². The highest BCUT2D eigenvalue weighted by atomic mass is 79.9. The zero-order valence-corrected chi connectivity index (χ0v) is 18.6. The summed E-state index contributed by atoms with van der Waals surface area (Å²) in [4.78, 5) is 32.8. The number of fused-ring (bicyclic) bond motifs is 3. The molecular formula is C23H13BrN4O2S. The van der Waals surface area contributed by atoms with E-state index in [4.69, 9.17) is 0 Å². The fraction of sp³-hybridized carbons (Fsp3) is 0.0435. The number of hydrogen-bond donors (Lipinski definition) is 0. The number of nitrogens with zero attached hydrogens (tertiary/aromatic N) is 4. The molecule has 8 heteroatoms. The fourth-order valence-corrected chi connectivity index (χ4v) is 5.39. The number of hydrogen-bond acceptors (Lipinski definition) is 5. The molecule has 3 aromatic carbocycles. The molecule has 0 bridgehead atoms. The Bertz CT molecular complexity index is 1670. The lowest BCUT2D eigenvalue weighted by Crippen LogP contribution is -2.30. The van der Waals surface area contributed by atoms with Crippen molar-refractivity contribution < 1.29 is 4.79 Å². The van der Waals surface area contributed by atoms with E-state index >= 15 is 0 Å². The van der Waals surface area contributed by atoms with Gasteiger partial charge >= 0.3 is 0 Å². The van der Waals surface area contributed by atoms with Crippen LogP contribution in [0.25, 0.3) is 32.7 Å². The fourth-order valence-electron chi connectivity index (χ4n) is 4.03. The third-order valence-corrected chi connectivity index (χ3v) is 7.05. The number of thiazole rings is 1. The largest absolute Gasteiger partial charge is 0.311 e. The van der Waals surface area contributed by atoms with Gasteiger partial charge in [-0.25, -0.2) is 0 Å². The van der Waals surface area contributed by atoms with Crippen LogP contribution in [0.1, 0.15) is 5.56 Å². The van der Waals surface area contributed by atoms with Gasteiger partial charge in [0.2, 0.25) is 4.96 Å². The molecule has 0 saturated carbocycles. The molecule has 0 unspecified atom stereocenters. The minimum atomic E-state index is -0.330. The first-order chi connectivity index (χ1) is 15.0. The summed E-state index contributed by atoms with van der Waals surface area (Å²) >= 11 is 4.65. The number of amides is 1. The third kappa shape index (κ3) is 2.62. The first kappa shape index (κ1) is 18.4. The summed E-state index contributed by atoms with van der Waals surface area (Å²) in [6, 6.07) is 19.5. The Hall–Kier alpha value is -3.36. The van der Waals surface area contributed by atoms with Crippen molar-refractivity contribution in [3.05, 3.63) is 85.6 Å². The van der Waals surface area contributed by atoms with Gasteiger partial charge in [-0.1, -0.05) is 69.7 Å². The van der Waals surface area contributed by atoms with Crippen molar-refractivity contribution in [1.82, 2.24) is 14.6 Å². The minimum Gasteiger partial charge on any atom is -0.311 e. The first-order valence-electron chi connectivity index (χ1n) is 9.53. The molecule has 1 aliphatic rings. The van der Waals surface area contributed by atoms with Gasteiger partial charge in [-0.2, -0.15) is 9.50 Å². The van der Waals surface area contributed by atoms with Crippen LogP contribution in [-0.4, -0.2) is 27.6 Å². The highest BCUT2D eigenvalue weighted by Gasteiger charge is 2.32. The van der Waals surface area contributed by atoms with E-state index in [1.807, 2.05) is 60.7 Å². The van der Waals surface area contributed by atoms with Crippen LogP contribution in [0.5, 0.6) is 0 Å². The van der Waals surface area contributed by atoms with Crippen molar-refractivity contribution in [3.63, 3.8) is 0 Å². The summed E-state index contributed by atoms with van der Waals surface area (Å²) in [5.74, 6) is 0.290. The molecular weight excluding hydrogens is 476 g/mol. The van der Waals surface area contributed by atoms with Crippen molar-refractivity contribution in [1.29, 1.82) is 0 Å². The van der Waals surface area contributed by atoms with Crippen molar-refractivity contribution in [2.45, 2.75) is 0 Å². The van der Waals surface area contributed by atoms with Crippen molar-refractivity contribution in [3.8, 4) is 11.4 Å². The van der Waals surface area contributed by atoms with Crippen molar-refractivity contribution in [2.75, 3.05) is 11.9 Å². The predicted molar refractivity (Wildman–Crippen MR) is 125 cm³/mol. The summed E-state index contributed by atoms with van der Waals surface area (Å²) in [6.07, 6.45) is 0. The maximum atomic E-state index is 13.2. The average molecular weight is 489 g/mol. The molecule has 0 aliphatic carbocycles. The lowest BCUT2D eigenvalue weighted by molar-refractivity contribution is -0.112. The molecule has 150 valence electrons. The number of likely N-dealkylation sites (N-methyl/N-ethyl adjacent to an activating group) is 1.